The van der Waals surface area contributed by atoms with Gasteiger partial charge in [0.25, 0.3) is 0 Å². The number of carbonyl (C=O) groups excluding carboxylic acids is 1. The summed E-state index contributed by atoms with van der Waals surface area (Å²) in [5.74, 6) is 1.60. The second kappa shape index (κ2) is 16.3. The van der Waals surface area contributed by atoms with E-state index < -0.39 is 0 Å². The average Bonchev–Trinajstić information content (AvgIpc) is 2.95. The van der Waals surface area contributed by atoms with Gasteiger partial charge in [0.1, 0.15) is 12.0 Å². The number of nitrogens with zero attached hydrogens (tertiary/aromatic N) is 3. The Labute approximate surface area is 223 Å². The van der Waals surface area contributed by atoms with Crippen LogP contribution < -0.4 is 21.3 Å². The molecular weight excluding hydrogens is 478 g/mol. The Bertz CT molecular complexity index is 1210. The van der Waals surface area contributed by atoms with Gasteiger partial charge in [-0.05, 0) is 62.8 Å². The van der Waals surface area contributed by atoms with Crippen LogP contribution in [0.5, 0.6) is 5.75 Å². The fourth-order valence-corrected chi connectivity index (χ4v) is 3.40. The normalized spacial score (nSPS) is 10.1. The predicted molar refractivity (Wildman–Crippen MR) is 154 cm³/mol. The summed E-state index contributed by atoms with van der Waals surface area (Å²) in [6.07, 6.45) is 5.44. The molecule has 0 fully saturated rings. The number of benzene rings is 3. The number of phenols is 1. The van der Waals surface area contributed by atoms with E-state index in [0.29, 0.717) is 17.8 Å². The highest BCUT2D eigenvalue weighted by Gasteiger charge is 2.08. The van der Waals surface area contributed by atoms with Crippen LogP contribution in [0.4, 0.5) is 29.2 Å². The Morgan fingerprint density at radius 3 is 1.74 bits per heavy atom. The van der Waals surface area contributed by atoms with Crippen LogP contribution in [0.1, 0.15) is 36.0 Å². The maximum atomic E-state index is 10.0. The van der Waals surface area contributed by atoms with E-state index in [2.05, 4.69) is 36.2 Å². The molecule has 0 unspecified atom stereocenters. The molecule has 38 heavy (non-hydrogen) atoms. The van der Waals surface area contributed by atoms with Gasteiger partial charge in [-0.15, -0.1) is 0 Å². The van der Waals surface area contributed by atoms with Crippen molar-refractivity contribution in [3.63, 3.8) is 0 Å². The van der Waals surface area contributed by atoms with Gasteiger partial charge in [-0.1, -0.05) is 61.4 Å². The van der Waals surface area contributed by atoms with E-state index in [1.54, 1.807) is 36.4 Å². The number of hydrogen-bond acceptors (Lipinski definition) is 9. The number of phenolic OH excluding ortho intramolecular Hbond substituents is 1. The van der Waals surface area contributed by atoms with Gasteiger partial charge in [-0.25, -0.2) is 0 Å². The molecule has 0 saturated carbocycles. The highest BCUT2D eigenvalue weighted by atomic mass is 16.3. The van der Waals surface area contributed by atoms with Crippen LogP contribution in [0, 0.1) is 0 Å². The van der Waals surface area contributed by atoms with Crippen molar-refractivity contribution in [3.05, 3.63) is 90.5 Å². The van der Waals surface area contributed by atoms with Gasteiger partial charge in [0.2, 0.25) is 17.8 Å². The van der Waals surface area contributed by atoms with Crippen molar-refractivity contribution in [2.45, 2.75) is 25.7 Å². The predicted octanol–water partition coefficient (Wildman–Crippen LogP) is 5.76. The summed E-state index contributed by atoms with van der Waals surface area (Å²) in [5, 5.41) is 22.3. The van der Waals surface area contributed by atoms with Crippen molar-refractivity contribution in [1.82, 2.24) is 20.3 Å². The van der Waals surface area contributed by atoms with Gasteiger partial charge in [0, 0.05) is 23.5 Å². The Hall–Kier alpha value is -4.50. The quantitative estimate of drug-likeness (QED) is 0.0862. The Morgan fingerprint density at radius 1 is 0.658 bits per heavy atom. The lowest BCUT2D eigenvalue weighted by molar-refractivity contribution is 0.112. The third-order valence-corrected chi connectivity index (χ3v) is 5.36. The number of rotatable bonds is 13. The number of anilines is 5. The molecule has 0 radical (unpaired) electrons. The second-order valence-electron chi connectivity index (χ2n) is 8.44. The van der Waals surface area contributed by atoms with Crippen LogP contribution in [0.3, 0.4) is 0 Å². The van der Waals surface area contributed by atoms with E-state index in [1.165, 1.54) is 12.8 Å². The summed E-state index contributed by atoms with van der Waals surface area (Å²) in [5.41, 5.74) is 2.41. The number of aromatic nitrogens is 3. The smallest absolute Gasteiger partial charge is 0.233 e. The average molecular weight is 514 g/mol. The molecule has 0 saturated heterocycles. The van der Waals surface area contributed by atoms with Crippen molar-refractivity contribution in [1.29, 1.82) is 0 Å². The number of para-hydroxylation sites is 1. The number of hydrogen-bond donors (Lipinski definition) is 5. The molecular formula is C29H35N7O2. The standard InChI is InChI=1S/C22H29N7O.C7H6O/c1-23-15-7-2-3-8-16-24-20-27-21(25-17-9-5-4-6-10-17)29-22(28-20)26-18-11-13-19(30)14-12-18;8-6-7-4-2-1-3-5-7/h4-6,9-14,23,30H,2-3,7-8,15-16H2,1H3,(H3,24,25,26,27,28,29);1-6H. The van der Waals surface area contributed by atoms with Crippen LogP contribution in [-0.2, 0) is 0 Å². The highest BCUT2D eigenvalue weighted by Crippen LogP contribution is 2.20. The fourth-order valence-electron chi connectivity index (χ4n) is 3.40. The van der Waals surface area contributed by atoms with Crippen molar-refractivity contribution in [3.8, 4) is 5.75 Å². The van der Waals surface area contributed by atoms with E-state index in [9.17, 15) is 9.90 Å². The zero-order valence-electron chi connectivity index (χ0n) is 21.6. The summed E-state index contributed by atoms with van der Waals surface area (Å²) >= 11 is 0. The van der Waals surface area contributed by atoms with E-state index in [-0.39, 0.29) is 5.75 Å². The zero-order chi connectivity index (χ0) is 26.8. The van der Waals surface area contributed by atoms with Crippen LogP contribution >= 0.6 is 0 Å². The largest absolute Gasteiger partial charge is 0.508 e. The van der Waals surface area contributed by atoms with Gasteiger partial charge in [0.15, 0.2) is 0 Å². The SMILES string of the molecule is CNCCCCCCNc1nc(Nc2ccccc2)nc(Nc2ccc(O)cc2)n1.O=Cc1ccccc1. The summed E-state index contributed by atoms with van der Waals surface area (Å²) in [6.45, 7) is 1.86. The molecule has 0 aliphatic carbocycles. The summed E-state index contributed by atoms with van der Waals surface area (Å²) in [7, 11) is 1.98. The summed E-state index contributed by atoms with van der Waals surface area (Å²) in [6, 6.07) is 25.6. The van der Waals surface area contributed by atoms with Crippen molar-refractivity contribution >= 4 is 35.5 Å². The van der Waals surface area contributed by atoms with Crippen LogP contribution in [-0.4, -0.2) is 46.5 Å². The van der Waals surface area contributed by atoms with Gasteiger partial charge >= 0.3 is 0 Å². The highest BCUT2D eigenvalue weighted by molar-refractivity contribution is 5.74. The van der Waals surface area contributed by atoms with Crippen molar-refractivity contribution in [2.75, 3.05) is 36.1 Å². The first kappa shape index (κ1) is 28.1. The molecule has 4 rings (SSSR count). The first-order chi connectivity index (χ1) is 18.7. The van der Waals surface area contributed by atoms with Gasteiger partial charge in [0.05, 0.1) is 0 Å². The van der Waals surface area contributed by atoms with E-state index in [0.717, 1.165) is 49.2 Å². The van der Waals surface area contributed by atoms with E-state index >= 15 is 0 Å². The molecule has 0 aliphatic heterocycles. The minimum atomic E-state index is 0.208. The molecule has 0 amide bonds. The Morgan fingerprint density at radius 2 is 1.18 bits per heavy atom. The second-order valence-corrected chi connectivity index (χ2v) is 8.44. The van der Waals surface area contributed by atoms with Crippen LogP contribution in [0.25, 0.3) is 0 Å². The monoisotopic (exact) mass is 513 g/mol. The number of aromatic hydroxyl groups is 1. The number of aldehydes is 1. The lowest BCUT2D eigenvalue weighted by Crippen LogP contribution is -2.11. The minimum absolute atomic E-state index is 0.208. The molecule has 5 N–H and O–H groups in total. The van der Waals surface area contributed by atoms with E-state index in [1.807, 2.05) is 55.6 Å². The number of unbranched alkanes of at least 4 members (excludes halogenated alkanes) is 3. The molecule has 9 heteroatoms. The number of nitrogens with one attached hydrogen (secondary N) is 4. The zero-order valence-corrected chi connectivity index (χ0v) is 21.6. The van der Waals surface area contributed by atoms with Gasteiger partial charge in [-0.3, -0.25) is 4.79 Å². The van der Waals surface area contributed by atoms with E-state index in [4.69, 9.17) is 0 Å². The molecule has 0 bridgehead atoms. The fraction of sp³-hybridized carbons (Fsp3) is 0.241. The van der Waals surface area contributed by atoms with Crippen molar-refractivity contribution < 1.29 is 9.90 Å². The third kappa shape index (κ3) is 10.6. The maximum Gasteiger partial charge on any atom is 0.233 e. The number of carbonyl (C=O) groups is 1. The summed E-state index contributed by atoms with van der Waals surface area (Å²) in [4.78, 5) is 23.5. The molecule has 1 heterocycles. The van der Waals surface area contributed by atoms with Crippen LogP contribution in [0.15, 0.2) is 84.9 Å². The molecule has 1 aromatic heterocycles. The molecule has 0 atom stereocenters. The molecule has 0 aliphatic rings. The van der Waals surface area contributed by atoms with Crippen molar-refractivity contribution in [2.24, 2.45) is 0 Å². The third-order valence-electron chi connectivity index (χ3n) is 5.36. The lowest BCUT2D eigenvalue weighted by Gasteiger charge is -2.11. The topological polar surface area (TPSA) is 124 Å². The first-order valence-electron chi connectivity index (χ1n) is 12.7. The van der Waals surface area contributed by atoms with Gasteiger partial charge < -0.3 is 26.4 Å². The molecule has 4 aromatic rings. The Kier molecular flexibility index (Phi) is 12.0. The lowest BCUT2D eigenvalue weighted by atomic mass is 10.2. The Balaban J connectivity index is 0.000000427. The maximum absolute atomic E-state index is 10.0. The summed E-state index contributed by atoms with van der Waals surface area (Å²) < 4.78 is 0. The van der Waals surface area contributed by atoms with Crippen LogP contribution in [0.2, 0.25) is 0 Å². The minimum Gasteiger partial charge on any atom is -0.508 e. The molecule has 198 valence electrons. The first-order valence-corrected chi connectivity index (χ1v) is 12.7. The molecule has 3 aromatic carbocycles. The molecule has 0 spiro atoms. The molecule has 9 nitrogen and oxygen atoms in total. The van der Waals surface area contributed by atoms with Gasteiger partial charge in [-0.2, -0.15) is 15.0 Å².